The number of Topliss-reactive ketones (excluding diaryl/α,β-unsaturated/α-hetero) is 3. The van der Waals surface area contributed by atoms with Gasteiger partial charge in [0.1, 0.15) is 30.8 Å². The number of nitrogens with two attached hydrogens (primary N) is 3. The molecule has 0 unspecified atom stereocenters. The van der Waals surface area contributed by atoms with Crippen LogP contribution >= 0.6 is 0 Å². The van der Waals surface area contributed by atoms with Crippen molar-refractivity contribution in [2.75, 3.05) is 39.9 Å². The lowest BCUT2D eigenvalue weighted by atomic mass is 9.88. The molecule has 66 heavy (non-hydrogen) atoms. The molecule has 0 spiro atoms. The minimum Gasteiger partial charge on any atom is -0.492 e. The summed E-state index contributed by atoms with van der Waals surface area (Å²) in [6, 6.07) is 35.9. The van der Waals surface area contributed by atoms with E-state index in [1.165, 1.54) is 11.9 Å². The molecule has 4 atom stereocenters. The summed E-state index contributed by atoms with van der Waals surface area (Å²) in [5, 5.41) is 12.1. The number of hydrogen-bond acceptors (Lipinski definition) is 11. The number of ether oxygens (including phenoxy) is 2. The molecule has 5 aromatic carbocycles. The molecule has 0 aromatic heterocycles. The quantitative estimate of drug-likeness (QED) is 0.0686. The van der Waals surface area contributed by atoms with Crippen LogP contribution in [0, 0.1) is 23.2 Å². The SMILES string of the molecule is C[C@@H]1CC(=O)[C@@H](N(C)C(=O)[C@H](CCN)CC(=O)c2ccc(-c3ccc(-c4ccccc4)cc3)cc2)c2ccc(OCCN)c(c2)-c2cc(ccc2OCCN)C[C@@H](C(=O)CCC#N)NC1=O. The summed E-state index contributed by atoms with van der Waals surface area (Å²) in [5.74, 6) is -2.94. The van der Waals surface area contributed by atoms with E-state index < -0.39 is 41.5 Å². The van der Waals surface area contributed by atoms with E-state index in [-0.39, 0.29) is 82.9 Å². The van der Waals surface area contributed by atoms with Gasteiger partial charge in [-0.05, 0) is 77.0 Å². The standard InChI is InChI=1S/C53H58N6O7/c1-34-29-48(62)51(59(2)53(64)42(22-24-55)33-47(61)40-17-15-39(16-18-40)38-13-11-37(12-14-38)36-7-4-3-5-8-36)41-19-21-50(66-28-26-57)44(32-41)43-30-35(10-20-49(43)65-27-25-56)31-45(58-52(34)63)46(60)9-6-23-54/h3-5,7-8,10-21,30,32,34,42,45,51H,6,9,22,24-29,31,33,55-57H2,1-2H3,(H,58,63)/t34-,42-,45+,51+/m1/s1. The molecule has 0 saturated carbocycles. The maximum Gasteiger partial charge on any atom is 0.226 e. The van der Waals surface area contributed by atoms with Crippen LogP contribution in [0.2, 0.25) is 0 Å². The number of ketones is 3. The molecular formula is C53H58N6O7. The molecule has 7 N–H and O–H groups in total. The van der Waals surface area contributed by atoms with Crippen molar-refractivity contribution in [1.29, 1.82) is 5.26 Å². The Morgan fingerprint density at radius 1 is 0.758 bits per heavy atom. The third kappa shape index (κ3) is 12.0. The van der Waals surface area contributed by atoms with Crippen molar-refractivity contribution in [2.45, 2.75) is 57.5 Å². The van der Waals surface area contributed by atoms with Crippen molar-refractivity contribution >= 4 is 29.2 Å². The fourth-order valence-electron chi connectivity index (χ4n) is 8.32. The van der Waals surface area contributed by atoms with Crippen LogP contribution in [0.25, 0.3) is 33.4 Å². The maximum atomic E-state index is 14.7. The van der Waals surface area contributed by atoms with Crippen molar-refractivity contribution in [2.24, 2.45) is 29.0 Å². The number of benzene rings is 5. The molecule has 0 aliphatic carbocycles. The minimum absolute atomic E-state index is 0.0269. The van der Waals surface area contributed by atoms with Gasteiger partial charge >= 0.3 is 0 Å². The van der Waals surface area contributed by atoms with E-state index in [0.29, 0.717) is 39.3 Å². The van der Waals surface area contributed by atoms with Gasteiger partial charge in [-0.1, -0.05) is 97.9 Å². The molecular weight excluding hydrogens is 833 g/mol. The number of hydrogen-bond donors (Lipinski definition) is 4. The molecule has 1 aliphatic rings. The number of fused-ring (bicyclic) bond motifs is 5. The summed E-state index contributed by atoms with van der Waals surface area (Å²) in [5.41, 5.74) is 24.5. The van der Waals surface area contributed by atoms with Crippen LogP contribution in [-0.4, -0.2) is 80.0 Å². The van der Waals surface area contributed by atoms with Crippen molar-refractivity contribution < 1.29 is 33.4 Å². The van der Waals surface area contributed by atoms with Gasteiger partial charge in [-0.15, -0.1) is 0 Å². The van der Waals surface area contributed by atoms with Crippen LogP contribution in [0.5, 0.6) is 11.5 Å². The van der Waals surface area contributed by atoms with Gasteiger partial charge < -0.3 is 36.9 Å². The van der Waals surface area contributed by atoms with Gasteiger partial charge in [0, 0.05) is 74.3 Å². The highest BCUT2D eigenvalue weighted by atomic mass is 16.5. The van der Waals surface area contributed by atoms with Crippen LogP contribution in [0.1, 0.15) is 66.6 Å². The molecule has 342 valence electrons. The smallest absolute Gasteiger partial charge is 0.226 e. The Hall–Kier alpha value is -6.98. The molecule has 0 fully saturated rings. The summed E-state index contributed by atoms with van der Waals surface area (Å²) in [6.07, 6.45) is -0.263. The molecule has 1 heterocycles. The Bertz CT molecular complexity index is 2540. The molecule has 13 heteroatoms. The molecule has 0 radical (unpaired) electrons. The van der Waals surface area contributed by atoms with Crippen molar-refractivity contribution in [3.05, 3.63) is 132 Å². The van der Waals surface area contributed by atoms with Gasteiger partial charge in [-0.3, -0.25) is 24.0 Å². The first-order chi connectivity index (χ1) is 32.0. The summed E-state index contributed by atoms with van der Waals surface area (Å²) in [6.45, 7) is 2.49. The summed E-state index contributed by atoms with van der Waals surface area (Å²) >= 11 is 0. The largest absolute Gasteiger partial charge is 0.492 e. The lowest BCUT2D eigenvalue weighted by molar-refractivity contribution is -0.142. The monoisotopic (exact) mass is 890 g/mol. The Kier molecular flexibility index (Phi) is 17.1. The summed E-state index contributed by atoms with van der Waals surface area (Å²) in [7, 11) is 1.52. The Morgan fingerprint density at radius 2 is 1.33 bits per heavy atom. The van der Waals surface area contributed by atoms with Gasteiger partial charge in [0.15, 0.2) is 17.3 Å². The number of nitrogens with one attached hydrogen (secondary N) is 1. The zero-order valence-corrected chi connectivity index (χ0v) is 37.5. The minimum atomic E-state index is -1.22. The van der Waals surface area contributed by atoms with Gasteiger partial charge in [0.25, 0.3) is 0 Å². The first-order valence-corrected chi connectivity index (χ1v) is 22.4. The molecule has 0 saturated heterocycles. The number of amides is 2. The van der Waals surface area contributed by atoms with Crippen LogP contribution in [0.4, 0.5) is 0 Å². The highest BCUT2D eigenvalue weighted by Gasteiger charge is 2.36. The van der Waals surface area contributed by atoms with Crippen LogP contribution < -0.4 is 32.0 Å². The third-order valence-corrected chi connectivity index (χ3v) is 11.9. The van der Waals surface area contributed by atoms with E-state index in [2.05, 4.69) is 29.6 Å². The summed E-state index contributed by atoms with van der Waals surface area (Å²) < 4.78 is 12.3. The summed E-state index contributed by atoms with van der Waals surface area (Å²) in [4.78, 5) is 71.9. The third-order valence-electron chi connectivity index (χ3n) is 11.9. The Morgan fingerprint density at radius 3 is 1.92 bits per heavy atom. The van der Waals surface area contributed by atoms with Gasteiger partial charge in [-0.2, -0.15) is 5.26 Å². The van der Waals surface area contributed by atoms with Crippen LogP contribution in [-0.2, 0) is 25.6 Å². The molecule has 13 nitrogen and oxygen atoms in total. The van der Waals surface area contributed by atoms with Crippen molar-refractivity contribution in [3.8, 4) is 50.9 Å². The lowest BCUT2D eigenvalue weighted by Gasteiger charge is -2.32. The number of nitriles is 1. The first kappa shape index (κ1) is 48.5. The van der Waals surface area contributed by atoms with Gasteiger partial charge in [0.2, 0.25) is 11.8 Å². The Labute approximate surface area is 386 Å². The highest BCUT2D eigenvalue weighted by molar-refractivity contribution is 6.00. The number of nitrogens with zero attached hydrogens (tertiary/aromatic N) is 2. The average molecular weight is 891 g/mol. The molecule has 5 aromatic rings. The molecule has 4 bridgehead atoms. The second-order valence-corrected chi connectivity index (χ2v) is 16.6. The van der Waals surface area contributed by atoms with Gasteiger partial charge in [0.05, 0.1) is 12.1 Å². The van der Waals surface area contributed by atoms with E-state index in [4.69, 9.17) is 26.7 Å². The fourth-order valence-corrected chi connectivity index (χ4v) is 8.32. The number of carbonyl (C=O) groups excluding carboxylic acids is 5. The predicted octanol–water partition coefficient (Wildman–Crippen LogP) is 6.61. The maximum absolute atomic E-state index is 14.7. The van der Waals surface area contributed by atoms with Crippen molar-refractivity contribution in [1.82, 2.24) is 10.2 Å². The Balaban J connectivity index is 1.34. The molecule has 6 rings (SSSR count). The number of carbonyl (C=O) groups is 5. The van der Waals surface area contributed by atoms with E-state index >= 15 is 0 Å². The van der Waals surface area contributed by atoms with Crippen molar-refractivity contribution in [3.63, 3.8) is 0 Å². The normalized spacial score (nSPS) is 16.5. The van der Waals surface area contributed by atoms with E-state index in [1.54, 1.807) is 49.4 Å². The molecule has 2 amide bonds. The lowest BCUT2D eigenvalue weighted by Crippen LogP contribution is -2.46. The average Bonchev–Trinajstić information content (AvgIpc) is 3.34. The predicted molar refractivity (Wildman–Crippen MR) is 254 cm³/mol. The second-order valence-electron chi connectivity index (χ2n) is 16.6. The van der Waals surface area contributed by atoms with E-state index in [9.17, 15) is 29.2 Å². The van der Waals surface area contributed by atoms with E-state index in [0.717, 1.165) is 22.3 Å². The highest BCUT2D eigenvalue weighted by Crippen LogP contribution is 2.41. The zero-order chi connectivity index (χ0) is 47.2. The molecule has 1 aliphatic heterocycles. The van der Waals surface area contributed by atoms with Crippen LogP contribution in [0.15, 0.2) is 115 Å². The second kappa shape index (κ2) is 23.3. The van der Waals surface area contributed by atoms with Gasteiger partial charge in [-0.25, -0.2) is 0 Å². The van der Waals surface area contributed by atoms with Crippen LogP contribution in [0.3, 0.4) is 0 Å². The number of rotatable bonds is 18. The topological polar surface area (TPSA) is 221 Å². The first-order valence-electron chi connectivity index (χ1n) is 22.4. The zero-order valence-electron chi connectivity index (χ0n) is 37.5. The number of likely N-dealkylation sites (N-methyl/N-ethyl adjacent to an activating group) is 1. The fraction of sp³-hybridized carbons (Fsp3) is 0.321. The van der Waals surface area contributed by atoms with E-state index in [1.807, 2.05) is 54.6 Å².